The quantitative estimate of drug-likeness (QED) is 0.593. The lowest BCUT2D eigenvalue weighted by atomic mass is 10.3. The van der Waals surface area contributed by atoms with E-state index >= 15 is 0 Å². The first kappa shape index (κ1) is 17.5. The summed E-state index contributed by atoms with van der Waals surface area (Å²) < 4.78 is 36.5. The van der Waals surface area contributed by atoms with Gasteiger partial charge in [0.1, 0.15) is 0 Å². The van der Waals surface area contributed by atoms with Crippen LogP contribution in [-0.2, 0) is 26.1 Å². The van der Waals surface area contributed by atoms with E-state index in [1.54, 1.807) is 7.11 Å². The van der Waals surface area contributed by atoms with Gasteiger partial charge in [0.25, 0.3) is 0 Å². The van der Waals surface area contributed by atoms with Crippen molar-refractivity contribution in [3.63, 3.8) is 0 Å². The summed E-state index contributed by atoms with van der Waals surface area (Å²) >= 11 is 1.23. The van der Waals surface area contributed by atoms with Crippen molar-refractivity contribution >= 4 is 21.4 Å². The summed E-state index contributed by atoms with van der Waals surface area (Å²) in [4.78, 5) is 0.847. The van der Waals surface area contributed by atoms with Gasteiger partial charge in [0.2, 0.25) is 10.0 Å². The molecule has 0 radical (unpaired) electrons. The highest BCUT2D eigenvalue weighted by Gasteiger charge is 2.15. The third kappa shape index (κ3) is 6.29. The monoisotopic (exact) mass is 323 g/mol. The zero-order chi connectivity index (χ0) is 14.8. The molecule has 8 heteroatoms. The molecule has 0 aliphatic rings. The molecule has 1 aromatic rings. The molecule has 116 valence electrons. The molecule has 2 N–H and O–H groups in total. The predicted molar refractivity (Wildman–Crippen MR) is 77.4 cm³/mol. The van der Waals surface area contributed by atoms with E-state index in [1.165, 1.54) is 22.8 Å². The van der Waals surface area contributed by atoms with Crippen LogP contribution >= 0.6 is 11.3 Å². The molecular weight excluding hydrogens is 302 g/mol. The molecular formula is C12H21NO5S2. The van der Waals surface area contributed by atoms with Gasteiger partial charge in [0.15, 0.2) is 0 Å². The molecule has 0 amide bonds. The minimum Gasteiger partial charge on any atom is -0.391 e. The smallest absolute Gasteiger partial charge is 0.241 e. The Balaban J connectivity index is 2.20. The molecule has 0 aliphatic carbocycles. The van der Waals surface area contributed by atoms with Gasteiger partial charge in [-0.05, 0) is 18.9 Å². The summed E-state index contributed by atoms with van der Waals surface area (Å²) in [5.41, 5.74) is 0. The van der Waals surface area contributed by atoms with Crippen molar-refractivity contribution in [3.05, 3.63) is 16.3 Å². The molecule has 1 aromatic heterocycles. The van der Waals surface area contributed by atoms with Crippen molar-refractivity contribution in [1.82, 2.24) is 4.72 Å². The summed E-state index contributed by atoms with van der Waals surface area (Å²) in [6, 6.07) is 1.49. The van der Waals surface area contributed by atoms with Gasteiger partial charge < -0.3 is 14.6 Å². The normalized spacial score (nSPS) is 11.9. The van der Waals surface area contributed by atoms with Crippen LogP contribution in [0.15, 0.2) is 16.3 Å². The largest absolute Gasteiger partial charge is 0.391 e. The zero-order valence-corrected chi connectivity index (χ0v) is 13.1. The van der Waals surface area contributed by atoms with Crippen molar-refractivity contribution in [3.8, 4) is 0 Å². The lowest BCUT2D eigenvalue weighted by molar-refractivity contribution is 0.0689. The van der Waals surface area contributed by atoms with E-state index < -0.39 is 10.0 Å². The minimum atomic E-state index is -3.46. The average Bonchev–Trinajstić information content (AvgIpc) is 2.91. The number of aliphatic hydroxyl groups is 1. The number of ether oxygens (including phenoxy) is 2. The molecule has 0 fully saturated rings. The van der Waals surface area contributed by atoms with Gasteiger partial charge in [-0.25, -0.2) is 13.1 Å². The van der Waals surface area contributed by atoms with E-state index in [-0.39, 0.29) is 11.5 Å². The highest BCUT2D eigenvalue weighted by molar-refractivity contribution is 7.89. The number of aliphatic hydroxyl groups excluding tert-OH is 1. The van der Waals surface area contributed by atoms with Gasteiger partial charge >= 0.3 is 0 Å². The van der Waals surface area contributed by atoms with Crippen LogP contribution in [0, 0.1) is 0 Å². The van der Waals surface area contributed by atoms with Crippen molar-refractivity contribution < 1.29 is 23.0 Å². The fraction of sp³-hybridized carbons (Fsp3) is 0.667. The molecule has 0 unspecified atom stereocenters. The Hall–Kier alpha value is -0.510. The lowest BCUT2D eigenvalue weighted by Crippen LogP contribution is -2.24. The minimum absolute atomic E-state index is 0.140. The maximum absolute atomic E-state index is 11.9. The van der Waals surface area contributed by atoms with Gasteiger partial charge in [-0.1, -0.05) is 0 Å². The summed E-state index contributed by atoms with van der Waals surface area (Å²) in [5.74, 6) is 0. The van der Waals surface area contributed by atoms with E-state index in [0.717, 1.165) is 6.42 Å². The fourth-order valence-electron chi connectivity index (χ4n) is 1.45. The summed E-state index contributed by atoms with van der Waals surface area (Å²) in [7, 11) is -1.85. The zero-order valence-electron chi connectivity index (χ0n) is 11.5. The topological polar surface area (TPSA) is 84.9 Å². The Kier molecular flexibility index (Phi) is 8.27. The van der Waals surface area contributed by atoms with Crippen molar-refractivity contribution in [2.45, 2.75) is 24.3 Å². The maximum atomic E-state index is 11.9. The van der Waals surface area contributed by atoms with E-state index in [0.29, 0.717) is 37.7 Å². The Labute approximate surface area is 123 Å². The lowest BCUT2D eigenvalue weighted by Gasteiger charge is -2.05. The summed E-state index contributed by atoms with van der Waals surface area (Å²) in [5, 5.41) is 10.5. The van der Waals surface area contributed by atoms with E-state index in [2.05, 4.69) is 4.72 Å². The molecule has 20 heavy (non-hydrogen) atoms. The van der Waals surface area contributed by atoms with Crippen LogP contribution in [0.3, 0.4) is 0 Å². The van der Waals surface area contributed by atoms with E-state index in [4.69, 9.17) is 14.6 Å². The Morgan fingerprint density at radius 1 is 1.30 bits per heavy atom. The van der Waals surface area contributed by atoms with Gasteiger partial charge in [-0.2, -0.15) is 0 Å². The van der Waals surface area contributed by atoms with Crippen molar-refractivity contribution in [2.75, 3.05) is 33.5 Å². The van der Waals surface area contributed by atoms with Crippen LogP contribution in [0.1, 0.15) is 17.7 Å². The second kappa shape index (κ2) is 9.43. The van der Waals surface area contributed by atoms with Gasteiger partial charge in [0, 0.05) is 30.5 Å². The molecule has 1 heterocycles. The highest BCUT2D eigenvalue weighted by atomic mass is 32.2. The molecule has 0 atom stereocenters. The molecule has 0 aliphatic heterocycles. The average molecular weight is 323 g/mol. The first-order valence-electron chi connectivity index (χ1n) is 6.35. The van der Waals surface area contributed by atoms with Crippen LogP contribution in [0.4, 0.5) is 0 Å². The van der Waals surface area contributed by atoms with Crippen LogP contribution in [0.2, 0.25) is 0 Å². The van der Waals surface area contributed by atoms with Crippen LogP contribution in [-0.4, -0.2) is 47.0 Å². The molecule has 0 aromatic carbocycles. The number of rotatable bonds is 11. The van der Waals surface area contributed by atoms with Gasteiger partial charge in [0.05, 0.1) is 24.7 Å². The highest BCUT2D eigenvalue weighted by Crippen LogP contribution is 2.18. The fourth-order valence-corrected chi connectivity index (χ4v) is 3.66. The SMILES string of the molecule is COCCOCCCCNS(=O)(=O)c1csc(CO)c1. The van der Waals surface area contributed by atoms with Gasteiger partial charge in [-0.3, -0.25) is 0 Å². The molecule has 0 spiro atoms. The summed E-state index contributed by atoms with van der Waals surface area (Å²) in [6.45, 7) is 1.95. The first-order chi connectivity index (χ1) is 9.60. The number of nitrogens with one attached hydrogen (secondary N) is 1. The molecule has 6 nitrogen and oxygen atoms in total. The third-order valence-corrected chi connectivity index (χ3v) is 5.05. The molecule has 0 bridgehead atoms. The Morgan fingerprint density at radius 2 is 2.10 bits per heavy atom. The number of unbranched alkanes of at least 4 members (excludes halogenated alkanes) is 1. The summed E-state index contributed by atoms with van der Waals surface area (Å²) in [6.07, 6.45) is 1.50. The number of sulfonamides is 1. The van der Waals surface area contributed by atoms with E-state index in [1.807, 2.05) is 0 Å². The number of thiophene rings is 1. The third-order valence-electron chi connectivity index (χ3n) is 2.54. The Bertz CT molecular complexity index is 472. The number of hydrogen-bond donors (Lipinski definition) is 2. The molecule has 0 saturated carbocycles. The standard InChI is InChI=1S/C12H21NO5S2/c1-17-6-7-18-5-3-2-4-13-20(15,16)12-8-11(9-14)19-10-12/h8,10,13-14H,2-7,9H2,1H3. The maximum Gasteiger partial charge on any atom is 0.241 e. The Morgan fingerprint density at radius 3 is 2.75 bits per heavy atom. The van der Waals surface area contributed by atoms with E-state index in [9.17, 15) is 8.42 Å². The second-order valence-electron chi connectivity index (χ2n) is 4.12. The number of methoxy groups -OCH3 is 1. The molecule has 1 rings (SSSR count). The molecule has 0 saturated heterocycles. The van der Waals surface area contributed by atoms with Gasteiger partial charge in [-0.15, -0.1) is 11.3 Å². The first-order valence-corrected chi connectivity index (χ1v) is 8.71. The van der Waals surface area contributed by atoms with Crippen LogP contribution in [0.25, 0.3) is 0 Å². The predicted octanol–water partition coefficient (Wildman–Crippen LogP) is 0.962. The van der Waals surface area contributed by atoms with Crippen LogP contribution < -0.4 is 4.72 Å². The van der Waals surface area contributed by atoms with Crippen molar-refractivity contribution in [2.24, 2.45) is 0 Å². The second-order valence-corrected chi connectivity index (χ2v) is 6.88. The van der Waals surface area contributed by atoms with Crippen molar-refractivity contribution in [1.29, 1.82) is 0 Å². The van der Waals surface area contributed by atoms with Crippen LogP contribution in [0.5, 0.6) is 0 Å². The number of hydrogen-bond acceptors (Lipinski definition) is 6.